The zero-order chi connectivity index (χ0) is 10.1. The number of phenolic OH excluding ortho intramolecular Hbond substituents is 1. The van der Waals surface area contributed by atoms with Gasteiger partial charge in [-0.25, -0.2) is 9.18 Å². The number of nitrogens with one attached hydrogen (secondary N) is 1. The monoisotopic (exact) mass is 197 g/mol. The summed E-state index contributed by atoms with van der Waals surface area (Å²) in [5, 5.41) is 11.8. The van der Waals surface area contributed by atoms with Crippen molar-refractivity contribution in [2.45, 2.75) is 6.04 Å². The molecular formula is C9H8FNO3. The van der Waals surface area contributed by atoms with Gasteiger partial charge in [-0.1, -0.05) is 12.1 Å². The number of ether oxygens (including phenoxy) is 1. The van der Waals surface area contributed by atoms with Gasteiger partial charge < -0.3 is 15.2 Å². The van der Waals surface area contributed by atoms with Crippen LogP contribution in [0.2, 0.25) is 0 Å². The fourth-order valence-corrected chi connectivity index (χ4v) is 1.37. The summed E-state index contributed by atoms with van der Waals surface area (Å²) in [7, 11) is 0. The summed E-state index contributed by atoms with van der Waals surface area (Å²) in [6, 6.07) is 3.68. The minimum absolute atomic E-state index is 0.107. The lowest BCUT2D eigenvalue weighted by molar-refractivity contribution is 0.176. The van der Waals surface area contributed by atoms with Gasteiger partial charge in [0.05, 0.1) is 6.04 Å². The van der Waals surface area contributed by atoms with Gasteiger partial charge in [-0.05, 0) is 6.07 Å². The van der Waals surface area contributed by atoms with Crippen LogP contribution in [0.15, 0.2) is 18.2 Å². The SMILES string of the molecule is O=C1NC(c2cccc(F)c2O)CO1. The summed E-state index contributed by atoms with van der Waals surface area (Å²) >= 11 is 0. The largest absolute Gasteiger partial charge is 0.505 e. The lowest BCUT2D eigenvalue weighted by Crippen LogP contribution is -2.18. The number of para-hydroxylation sites is 1. The number of alkyl carbamates (subject to hydrolysis) is 1. The fourth-order valence-electron chi connectivity index (χ4n) is 1.37. The molecule has 0 radical (unpaired) electrons. The van der Waals surface area contributed by atoms with Gasteiger partial charge in [0.25, 0.3) is 0 Å². The molecule has 1 unspecified atom stereocenters. The Labute approximate surface area is 79.3 Å². The Morgan fingerprint density at radius 2 is 2.36 bits per heavy atom. The first-order valence-electron chi connectivity index (χ1n) is 4.09. The van der Waals surface area contributed by atoms with Gasteiger partial charge in [0.1, 0.15) is 6.61 Å². The van der Waals surface area contributed by atoms with Gasteiger partial charge in [-0.15, -0.1) is 0 Å². The van der Waals surface area contributed by atoms with Crippen LogP contribution in [-0.4, -0.2) is 17.8 Å². The Kier molecular flexibility index (Phi) is 1.99. The predicted octanol–water partition coefficient (Wildman–Crippen LogP) is 1.31. The van der Waals surface area contributed by atoms with Crippen molar-refractivity contribution in [2.24, 2.45) is 0 Å². The topological polar surface area (TPSA) is 58.6 Å². The Morgan fingerprint density at radius 1 is 1.57 bits per heavy atom. The molecule has 1 aromatic rings. The first-order chi connectivity index (χ1) is 6.68. The second-order valence-corrected chi connectivity index (χ2v) is 2.97. The third-order valence-electron chi connectivity index (χ3n) is 2.07. The van der Waals surface area contributed by atoms with E-state index >= 15 is 0 Å². The average molecular weight is 197 g/mol. The second-order valence-electron chi connectivity index (χ2n) is 2.97. The van der Waals surface area contributed by atoms with E-state index in [1.807, 2.05) is 0 Å². The molecule has 14 heavy (non-hydrogen) atoms. The molecular weight excluding hydrogens is 189 g/mol. The average Bonchev–Trinajstić information content (AvgIpc) is 2.57. The molecule has 2 N–H and O–H groups in total. The zero-order valence-electron chi connectivity index (χ0n) is 7.16. The Hall–Kier alpha value is -1.78. The van der Waals surface area contributed by atoms with E-state index in [-0.39, 0.29) is 6.61 Å². The van der Waals surface area contributed by atoms with Crippen molar-refractivity contribution < 1.29 is 19.0 Å². The van der Waals surface area contributed by atoms with Gasteiger partial charge in [0.15, 0.2) is 11.6 Å². The lowest BCUT2D eigenvalue weighted by atomic mass is 10.1. The van der Waals surface area contributed by atoms with Gasteiger partial charge in [-0.2, -0.15) is 0 Å². The molecule has 0 bridgehead atoms. The number of amides is 1. The molecule has 1 fully saturated rings. The highest BCUT2D eigenvalue weighted by Gasteiger charge is 2.26. The number of halogens is 1. The Bertz CT molecular complexity index is 380. The van der Waals surface area contributed by atoms with Gasteiger partial charge >= 0.3 is 6.09 Å². The molecule has 2 rings (SSSR count). The Morgan fingerprint density at radius 3 is 3.00 bits per heavy atom. The molecule has 4 nitrogen and oxygen atoms in total. The number of hydrogen-bond acceptors (Lipinski definition) is 3. The van der Waals surface area contributed by atoms with Gasteiger partial charge in [-0.3, -0.25) is 0 Å². The standard InChI is InChI=1S/C9H8FNO3/c10-6-3-1-2-5(8(6)12)7-4-14-9(13)11-7/h1-3,7,12H,4H2,(H,11,13). The predicted molar refractivity (Wildman–Crippen MR) is 45.3 cm³/mol. The van der Waals surface area contributed by atoms with Crippen LogP contribution in [0.5, 0.6) is 5.75 Å². The molecule has 0 aliphatic carbocycles. The Balaban J connectivity index is 2.32. The van der Waals surface area contributed by atoms with Crippen LogP contribution in [0.4, 0.5) is 9.18 Å². The molecule has 0 spiro atoms. The number of carbonyl (C=O) groups excluding carboxylic acids is 1. The third kappa shape index (κ3) is 1.37. The normalized spacial score (nSPS) is 20.4. The smallest absolute Gasteiger partial charge is 0.407 e. The maximum Gasteiger partial charge on any atom is 0.407 e. The summed E-state index contributed by atoms with van der Waals surface area (Å²) in [6.07, 6.45) is -0.557. The molecule has 5 heteroatoms. The van der Waals surface area contributed by atoms with E-state index in [0.717, 1.165) is 6.07 Å². The van der Waals surface area contributed by atoms with E-state index in [2.05, 4.69) is 10.1 Å². The molecule has 1 heterocycles. The highest BCUT2D eigenvalue weighted by molar-refractivity contribution is 5.70. The zero-order valence-corrected chi connectivity index (χ0v) is 7.16. The van der Waals surface area contributed by atoms with Crippen LogP contribution < -0.4 is 5.32 Å². The van der Waals surface area contributed by atoms with E-state index in [4.69, 9.17) is 0 Å². The number of carbonyl (C=O) groups is 1. The fraction of sp³-hybridized carbons (Fsp3) is 0.222. The van der Waals surface area contributed by atoms with Crippen molar-refractivity contribution in [3.8, 4) is 5.75 Å². The first kappa shape index (κ1) is 8.80. The van der Waals surface area contributed by atoms with Crippen molar-refractivity contribution in [3.63, 3.8) is 0 Å². The first-order valence-corrected chi connectivity index (χ1v) is 4.09. The maximum atomic E-state index is 12.9. The van der Waals surface area contributed by atoms with Crippen molar-refractivity contribution in [1.29, 1.82) is 0 Å². The summed E-state index contributed by atoms with van der Waals surface area (Å²) in [6.45, 7) is 0.107. The highest BCUT2D eigenvalue weighted by Crippen LogP contribution is 2.28. The number of phenols is 1. The number of hydrogen-bond donors (Lipinski definition) is 2. The minimum atomic E-state index is -0.705. The highest BCUT2D eigenvalue weighted by atomic mass is 19.1. The van der Waals surface area contributed by atoms with E-state index < -0.39 is 23.7 Å². The van der Waals surface area contributed by atoms with Crippen LogP contribution in [0.25, 0.3) is 0 Å². The minimum Gasteiger partial charge on any atom is -0.505 e. The maximum absolute atomic E-state index is 12.9. The molecule has 1 aromatic carbocycles. The summed E-state index contributed by atoms with van der Waals surface area (Å²) in [4.78, 5) is 10.7. The lowest BCUT2D eigenvalue weighted by Gasteiger charge is -2.09. The molecule has 1 aliphatic heterocycles. The number of benzene rings is 1. The van der Waals surface area contributed by atoms with E-state index in [1.165, 1.54) is 12.1 Å². The quantitative estimate of drug-likeness (QED) is 0.713. The molecule has 74 valence electrons. The summed E-state index contributed by atoms with van der Waals surface area (Å²) < 4.78 is 17.6. The molecule has 1 amide bonds. The van der Waals surface area contributed by atoms with E-state index in [9.17, 15) is 14.3 Å². The van der Waals surface area contributed by atoms with Crippen LogP contribution in [-0.2, 0) is 4.74 Å². The van der Waals surface area contributed by atoms with Crippen molar-refractivity contribution in [3.05, 3.63) is 29.6 Å². The second kappa shape index (κ2) is 3.17. The van der Waals surface area contributed by atoms with Gasteiger partial charge in [0, 0.05) is 5.56 Å². The van der Waals surface area contributed by atoms with Crippen molar-refractivity contribution in [1.82, 2.24) is 5.32 Å². The van der Waals surface area contributed by atoms with Crippen molar-refractivity contribution in [2.75, 3.05) is 6.61 Å². The van der Waals surface area contributed by atoms with Crippen molar-refractivity contribution >= 4 is 6.09 Å². The molecule has 1 saturated heterocycles. The molecule has 1 atom stereocenters. The van der Waals surface area contributed by atoms with E-state index in [1.54, 1.807) is 0 Å². The number of aromatic hydroxyl groups is 1. The van der Waals surface area contributed by atoms with Gasteiger partial charge in [0.2, 0.25) is 0 Å². The van der Waals surface area contributed by atoms with Crippen LogP contribution >= 0.6 is 0 Å². The van der Waals surface area contributed by atoms with E-state index in [0.29, 0.717) is 5.56 Å². The molecule has 0 saturated carbocycles. The number of cyclic esters (lactones) is 1. The number of rotatable bonds is 1. The third-order valence-corrected chi connectivity index (χ3v) is 2.07. The summed E-state index contributed by atoms with van der Waals surface area (Å²) in [5.74, 6) is -1.15. The van der Waals surface area contributed by atoms with Crippen LogP contribution in [0.1, 0.15) is 11.6 Å². The van der Waals surface area contributed by atoms with Crippen LogP contribution in [0, 0.1) is 5.82 Å². The van der Waals surface area contributed by atoms with Crippen LogP contribution in [0.3, 0.4) is 0 Å². The summed E-state index contributed by atoms with van der Waals surface area (Å²) in [5.41, 5.74) is 0.329. The molecule has 1 aliphatic rings. The molecule has 0 aromatic heterocycles.